The van der Waals surface area contributed by atoms with E-state index in [0.717, 1.165) is 23.4 Å². The molecule has 0 saturated heterocycles. The molecule has 2 heterocycles. The highest BCUT2D eigenvalue weighted by Crippen LogP contribution is 2.30. The Morgan fingerprint density at radius 1 is 1.04 bits per heavy atom. The number of aryl methyl sites for hydroxylation is 1. The van der Waals surface area contributed by atoms with Gasteiger partial charge in [-0.25, -0.2) is 4.98 Å². The first-order chi connectivity index (χ1) is 11.4. The molecule has 124 valence electrons. The lowest BCUT2D eigenvalue weighted by atomic mass is 10.1. The molecule has 0 amide bonds. The molecule has 24 heavy (non-hydrogen) atoms. The Labute approximate surface area is 140 Å². The summed E-state index contributed by atoms with van der Waals surface area (Å²) in [6.45, 7) is 1.98. The van der Waals surface area contributed by atoms with E-state index in [0.29, 0.717) is 22.6 Å². The van der Waals surface area contributed by atoms with Crippen molar-refractivity contribution in [3.63, 3.8) is 0 Å². The average molecular weight is 351 g/mol. The van der Waals surface area contributed by atoms with Crippen LogP contribution in [0.15, 0.2) is 52.0 Å². The molecule has 0 aliphatic rings. The average Bonchev–Trinajstić information content (AvgIpc) is 3.02. The molecule has 0 aliphatic heterocycles. The van der Waals surface area contributed by atoms with Crippen LogP contribution in [-0.4, -0.2) is 15.2 Å². The molecule has 8 heteroatoms. The molecule has 0 fully saturated rings. The van der Waals surface area contributed by atoms with Crippen molar-refractivity contribution >= 4 is 11.8 Å². The number of halogens is 3. The number of alkyl halides is 3. The summed E-state index contributed by atoms with van der Waals surface area (Å²) in [7, 11) is 0. The third-order valence-corrected chi connectivity index (χ3v) is 4.10. The fraction of sp³-hybridized carbons (Fsp3) is 0.188. The van der Waals surface area contributed by atoms with Gasteiger partial charge in [0, 0.05) is 11.8 Å². The lowest BCUT2D eigenvalue weighted by molar-refractivity contribution is -0.137. The standard InChI is InChI=1S/C16H12F3N3OS/c1-10-2-4-11(5-3-10)15-22-21-13(23-15)9-24-14-7-6-12(8-20-14)16(17,18)19/h2-8H,9H2,1H3. The van der Waals surface area contributed by atoms with Crippen LogP contribution in [0, 0.1) is 6.92 Å². The fourth-order valence-electron chi connectivity index (χ4n) is 1.89. The minimum atomic E-state index is -4.38. The zero-order valence-electron chi connectivity index (χ0n) is 12.5. The molecule has 0 unspecified atom stereocenters. The van der Waals surface area contributed by atoms with Crippen molar-refractivity contribution in [2.24, 2.45) is 0 Å². The number of rotatable bonds is 4. The lowest BCUT2D eigenvalue weighted by Gasteiger charge is -2.05. The van der Waals surface area contributed by atoms with Gasteiger partial charge in [0.25, 0.3) is 0 Å². The van der Waals surface area contributed by atoms with Gasteiger partial charge in [-0.15, -0.1) is 10.2 Å². The van der Waals surface area contributed by atoms with Gasteiger partial charge in [0.2, 0.25) is 11.8 Å². The summed E-state index contributed by atoms with van der Waals surface area (Å²) in [6, 6.07) is 9.99. The van der Waals surface area contributed by atoms with Crippen LogP contribution in [0.25, 0.3) is 11.5 Å². The van der Waals surface area contributed by atoms with Crippen molar-refractivity contribution in [1.82, 2.24) is 15.2 Å². The van der Waals surface area contributed by atoms with Crippen LogP contribution in [0.5, 0.6) is 0 Å². The number of aromatic nitrogens is 3. The molecule has 0 N–H and O–H groups in total. The van der Waals surface area contributed by atoms with Crippen LogP contribution < -0.4 is 0 Å². The molecular formula is C16H12F3N3OS. The van der Waals surface area contributed by atoms with Crippen LogP contribution in [0.2, 0.25) is 0 Å². The third-order valence-electron chi connectivity index (χ3n) is 3.17. The maximum absolute atomic E-state index is 12.5. The normalized spacial score (nSPS) is 11.7. The van der Waals surface area contributed by atoms with Crippen molar-refractivity contribution in [2.75, 3.05) is 0 Å². The summed E-state index contributed by atoms with van der Waals surface area (Å²) >= 11 is 1.23. The topological polar surface area (TPSA) is 51.8 Å². The molecular weight excluding hydrogens is 339 g/mol. The van der Waals surface area contributed by atoms with Crippen molar-refractivity contribution < 1.29 is 17.6 Å². The fourth-order valence-corrected chi connectivity index (χ4v) is 2.57. The Bertz CT molecular complexity index is 814. The van der Waals surface area contributed by atoms with Crippen LogP contribution in [0.4, 0.5) is 13.2 Å². The molecule has 0 radical (unpaired) electrons. The maximum Gasteiger partial charge on any atom is 0.417 e. The predicted molar refractivity (Wildman–Crippen MR) is 83.3 cm³/mol. The van der Waals surface area contributed by atoms with E-state index in [4.69, 9.17) is 4.42 Å². The number of hydrogen-bond acceptors (Lipinski definition) is 5. The van der Waals surface area contributed by atoms with Crippen LogP contribution in [-0.2, 0) is 11.9 Å². The quantitative estimate of drug-likeness (QED) is 0.635. The van der Waals surface area contributed by atoms with Crippen LogP contribution >= 0.6 is 11.8 Å². The predicted octanol–water partition coefficient (Wildman–Crippen LogP) is 4.75. The molecule has 1 aromatic carbocycles. The first-order valence-electron chi connectivity index (χ1n) is 6.97. The van der Waals surface area contributed by atoms with Crippen LogP contribution in [0.1, 0.15) is 17.0 Å². The number of hydrogen-bond donors (Lipinski definition) is 0. The van der Waals surface area contributed by atoms with Crippen LogP contribution in [0.3, 0.4) is 0 Å². The second kappa shape index (κ2) is 6.64. The molecule has 3 rings (SSSR count). The molecule has 0 bridgehead atoms. The van der Waals surface area contributed by atoms with E-state index >= 15 is 0 Å². The summed E-state index contributed by atoms with van der Waals surface area (Å²) < 4.78 is 43.0. The van der Waals surface area contributed by atoms with E-state index in [9.17, 15) is 13.2 Å². The molecule has 3 aromatic rings. The second-order valence-electron chi connectivity index (χ2n) is 5.04. The van der Waals surface area contributed by atoms with Crippen molar-refractivity contribution in [1.29, 1.82) is 0 Å². The van der Waals surface area contributed by atoms with Gasteiger partial charge in [0.1, 0.15) is 0 Å². The minimum absolute atomic E-state index is 0.331. The number of benzene rings is 1. The maximum atomic E-state index is 12.5. The lowest BCUT2D eigenvalue weighted by Crippen LogP contribution is -2.05. The summed E-state index contributed by atoms with van der Waals surface area (Å²) in [6.07, 6.45) is -3.57. The van der Waals surface area contributed by atoms with E-state index in [1.54, 1.807) is 0 Å². The van der Waals surface area contributed by atoms with Gasteiger partial charge in [0.05, 0.1) is 16.3 Å². The highest BCUT2D eigenvalue weighted by atomic mass is 32.2. The first-order valence-corrected chi connectivity index (χ1v) is 7.96. The number of thioether (sulfide) groups is 1. The molecule has 4 nitrogen and oxygen atoms in total. The molecule has 0 spiro atoms. The third kappa shape index (κ3) is 3.94. The largest absolute Gasteiger partial charge is 0.420 e. The zero-order chi connectivity index (χ0) is 17.2. The van der Waals surface area contributed by atoms with E-state index in [2.05, 4.69) is 15.2 Å². The number of nitrogens with zero attached hydrogens (tertiary/aromatic N) is 3. The van der Waals surface area contributed by atoms with Crippen molar-refractivity contribution in [3.05, 3.63) is 59.6 Å². The molecule has 0 atom stereocenters. The Balaban J connectivity index is 1.64. The smallest absolute Gasteiger partial charge is 0.417 e. The molecule has 0 saturated carbocycles. The zero-order valence-corrected chi connectivity index (χ0v) is 13.4. The van der Waals surface area contributed by atoms with Gasteiger partial charge in [-0.05, 0) is 31.2 Å². The summed E-state index contributed by atoms with van der Waals surface area (Å²) in [5.74, 6) is 1.13. The summed E-state index contributed by atoms with van der Waals surface area (Å²) in [5.41, 5.74) is 1.17. The monoisotopic (exact) mass is 351 g/mol. The van der Waals surface area contributed by atoms with E-state index in [1.807, 2.05) is 31.2 Å². The Morgan fingerprint density at radius 2 is 1.79 bits per heavy atom. The van der Waals surface area contributed by atoms with Gasteiger partial charge in [0.15, 0.2) is 0 Å². The first kappa shape index (κ1) is 16.5. The Morgan fingerprint density at radius 3 is 2.42 bits per heavy atom. The summed E-state index contributed by atoms with van der Waals surface area (Å²) in [5, 5.41) is 8.37. The Hall–Kier alpha value is -2.35. The van der Waals surface area contributed by atoms with Gasteiger partial charge in [-0.2, -0.15) is 13.2 Å². The van der Waals surface area contributed by atoms with Gasteiger partial charge in [-0.3, -0.25) is 0 Å². The highest BCUT2D eigenvalue weighted by Gasteiger charge is 2.30. The van der Waals surface area contributed by atoms with Gasteiger partial charge in [-0.1, -0.05) is 29.5 Å². The number of pyridine rings is 1. The van der Waals surface area contributed by atoms with Crippen molar-refractivity contribution in [3.8, 4) is 11.5 Å². The Kier molecular flexibility index (Phi) is 4.57. The molecule has 2 aromatic heterocycles. The van der Waals surface area contributed by atoms with E-state index < -0.39 is 11.7 Å². The van der Waals surface area contributed by atoms with Crippen molar-refractivity contribution in [2.45, 2.75) is 23.9 Å². The van der Waals surface area contributed by atoms with Gasteiger partial charge < -0.3 is 4.42 Å². The van der Waals surface area contributed by atoms with E-state index in [-0.39, 0.29) is 0 Å². The minimum Gasteiger partial charge on any atom is -0.420 e. The second-order valence-corrected chi connectivity index (χ2v) is 6.03. The van der Waals surface area contributed by atoms with E-state index in [1.165, 1.54) is 17.8 Å². The molecule has 0 aliphatic carbocycles. The SMILES string of the molecule is Cc1ccc(-c2nnc(CSc3ccc(C(F)(F)F)cn3)o2)cc1. The van der Waals surface area contributed by atoms with Gasteiger partial charge >= 0.3 is 6.18 Å². The summed E-state index contributed by atoms with van der Waals surface area (Å²) in [4.78, 5) is 3.79. The highest BCUT2D eigenvalue weighted by molar-refractivity contribution is 7.98.